The Labute approximate surface area is 107 Å². The van der Waals surface area contributed by atoms with Crippen molar-refractivity contribution < 1.29 is 0 Å². The van der Waals surface area contributed by atoms with Crippen molar-refractivity contribution in [2.75, 3.05) is 6.54 Å². The van der Waals surface area contributed by atoms with E-state index in [1.807, 2.05) is 6.20 Å². The SMILES string of the molecule is CC(C)c1ccc(-c2cnc(CCN)s2)cc1. The highest BCUT2D eigenvalue weighted by molar-refractivity contribution is 7.15. The van der Waals surface area contributed by atoms with E-state index < -0.39 is 0 Å². The standard InChI is InChI=1S/C14H18N2S/c1-10(2)11-3-5-12(6-4-11)13-9-16-14(17-13)7-8-15/h3-6,9-10H,7-8,15H2,1-2H3. The van der Waals surface area contributed by atoms with Gasteiger partial charge in [0.25, 0.3) is 0 Å². The van der Waals surface area contributed by atoms with Gasteiger partial charge in [0.05, 0.1) is 9.88 Å². The van der Waals surface area contributed by atoms with Crippen LogP contribution in [0.5, 0.6) is 0 Å². The molecule has 0 saturated heterocycles. The van der Waals surface area contributed by atoms with Gasteiger partial charge in [-0.2, -0.15) is 0 Å². The molecule has 0 aliphatic carbocycles. The first-order chi connectivity index (χ1) is 8.20. The largest absolute Gasteiger partial charge is 0.330 e. The van der Waals surface area contributed by atoms with Crippen molar-refractivity contribution in [3.05, 3.63) is 41.0 Å². The van der Waals surface area contributed by atoms with E-state index >= 15 is 0 Å². The third-order valence-electron chi connectivity index (χ3n) is 2.77. The molecule has 0 aliphatic heterocycles. The Morgan fingerprint density at radius 2 is 1.94 bits per heavy atom. The summed E-state index contributed by atoms with van der Waals surface area (Å²) in [4.78, 5) is 5.60. The zero-order valence-electron chi connectivity index (χ0n) is 10.3. The Morgan fingerprint density at radius 3 is 2.53 bits per heavy atom. The Morgan fingerprint density at radius 1 is 1.24 bits per heavy atom. The first kappa shape index (κ1) is 12.3. The van der Waals surface area contributed by atoms with Crippen molar-refractivity contribution in [2.45, 2.75) is 26.2 Å². The van der Waals surface area contributed by atoms with Gasteiger partial charge in [-0.15, -0.1) is 11.3 Å². The summed E-state index contributed by atoms with van der Waals surface area (Å²) >= 11 is 1.73. The minimum Gasteiger partial charge on any atom is -0.330 e. The van der Waals surface area contributed by atoms with Crippen LogP contribution in [0.4, 0.5) is 0 Å². The predicted octanol–water partition coefficient (Wildman–Crippen LogP) is 3.43. The molecule has 1 heterocycles. The van der Waals surface area contributed by atoms with Crippen LogP contribution in [0, 0.1) is 0 Å². The maximum Gasteiger partial charge on any atom is 0.0943 e. The van der Waals surface area contributed by atoms with Gasteiger partial charge in [-0.3, -0.25) is 0 Å². The molecule has 2 rings (SSSR count). The van der Waals surface area contributed by atoms with E-state index in [2.05, 4.69) is 43.1 Å². The van der Waals surface area contributed by atoms with Crippen LogP contribution >= 0.6 is 11.3 Å². The molecular weight excluding hydrogens is 228 g/mol. The van der Waals surface area contributed by atoms with Gasteiger partial charge < -0.3 is 5.73 Å². The molecule has 0 amide bonds. The summed E-state index contributed by atoms with van der Waals surface area (Å²) in [5, 5.41) is 1.12. The summed E-state index contributed by atoms with van der Waals surface area (Å²) in [5.41, 5.74) is 8.15. The fourth-order valence-corrected chi connectivity index (χ4v) is 2.65. The van der Waals surface area contributed by atoms with E-state index in [0.717, 1.165) is 11.4 Å². The fraction of sp³-hybridized carbons (Fsp3) is 0.357. The van der Waals surface area contributed by atoms with Gasteiger partial charge in [0.1, 0.15) is 0 Å². The van der Waals surface area contributed by atoms with Crippen LogP contribution < -0.4 is 5.73 Å². The van der Waals surface area contributed by atoms with Crippen LogP contribution in [0.2, 0.25) is 0 Å². The summed E-state index contributed by atoms with van der Waals surface area (Å²) in [6, 6.07) is 8.74. The van der Waals surface area contributed by atoms with Gasteiger partial charge in [-0.1, -0.05) is 38.1 Å². The lowest BCUT2D eigenvalue weighted by Crippen LogP contribution is -2.01. The monoisotopic (exact) mass is 246 g/mol. The molecule has 2 N–H and O–H groups in total. The number of rotatable bonds is 4. The number of hydrogen-bond donors (Lipinski definition) is 1. The first-order valence-corrected chi connectivity index (χ1v) is 6.77. The lowest BCUT2D eigenvalue weighted by molar-refractivity contribution is 0.867. The van der Waals surface area contributed by atoms with E-state index in [9.17, 15) is 0 Å². The molecule has 0 spiro atoms. The Bertz CT molecular complexity index is 471. The quantitative estimate of drug-likeness (QED) is 0.897. The van der Waals surface area contributed by atoms with Gasteiger partial charge in [-0.05, 0) is 23.6 Å². The maximum atomic E-state index is 5.53. The molecule has 2 aromatic rings. The van der Waals surface area contributed by atoms with Gasteiger partial charge in [-0.25, -0.2) is 4.98 Å². The summed E-state index contributed by atoms with van der Waals surface area (Å²) < 4.78 is 0. The Kier molecular flexibility index (Phi) is 3.92. The van der Waals surface area contributed by atoms with Gasteiger partial charge >= 0.3 is 0 Å². The fourth-order valence-electron chi connectivity index (χ4n) is 1.72. The summed E-state index contributed by atoms with van der Waals surface area (Å²) in [7, 11) is 0. The minimum absolute atomic E-state index is 0.582. The van der Waals surface area contributed by atoms with E-state index in [-0.39, 0.29) is 0 Å². The van der Waals surface area contributed by atoms with E-state index in [1.54, 1.807) is 11.3 Å². The summed E-state index contributed by atoms with van der Waals surface area (Å²) in [6.07, 6.45) is 2.81. The van der Waals surface area contributed by atoms with Crippen LogP contribution in [0.1, 0.15) is 30.3 Å². The number of aromatic nitrogens is 1. The van der Waals surface area contributed by atoms with Crippen LogP contribution in [0.25, 0.3) is 10.4 Å². The summed E-state index contributed by atoms with van der Waals surface area (Å²) in [6.45, 7) is 5.08. The van der Waals surface area contributed by atoms with Crippen molar-refractivity contribution in [3.63, 3.8) is 0 Å². The molecule has 1 aromatic heterocycles. The van der Waals surface area contributed by atoms with E-state index in [0.29, 0.717) is 12.5 Å². The molecule has 2 nitrogen and oxygen atoms in total. The molecule has 90 valence electrons. The smallest absolute Gasteiger partial charge is 0.0943 e. The zero-order valence-corrected chi connectivity index (χ0v) is 11.1. The van der Waals surface area contributed by atoms with Crippen molar-refractivity contribution in [2.24, 2.45) is 5.73 Å². The van der Waals surface area contributed by atoms with Crippen LogP contribution in [0.15, 0.2) is 30.5 Å². The molecule has 0 saturated carbocycles. The second-order valence-corrected chi connectivity index (χ2v) is 5.55. The Hall–Kier alpha value is -1.19. The molecular formula is C14H18N2S. The first-order valence-electron chi connectivity index (χ1n) is 5.96. The van der Waals surface area contributed by atoms with Crippen LogP contribution in [0.3, 0.4) is 0 Å². The molecule has 17 heavy (non-hydrogen) atoms. The van der Waals surface area contributed by atoms with Crippen LogP contribution in [-0.2, 0) is 6.42 Å². The van der Waals surface area contributed by atoms with Crippen LogP contribution in [-0.4, -0.2) is 11.5 Å². The van der Waals surface area contributed by atoms with Gasteiger partial charge in [0.2, 0.25) is 0 Å². The van der Waals surface area contributed by atoms with Crippen molar-refractivity contribution >= 4 is 11.3 Å². The van der Waals surface area contributed by atoms with E-state index in [1.165, 1.54) is 16.0 Å². The highest BCUT2D eigenvalue weighted by atomic mass is 32.1. The van der Waals surface area contributed by atoms with Crippen molar-refractivity contribution in [1.82, 2.24) is 4.98 Å². The maximum absolute atomic E-state index is 5.53. The molecule has 1 aromatic carbocycles. The third-order valence-corrected chi connectivity index (χ3v) is 3.88. The normalized spacial score (nSPS) is 11.1. The highest BCUT2D eigenvalue weighted by Gasteiger charge is 2.05. The second-order valence-electron chi connectivity index (χ2n) is 4.43. The average Bonchev–Trinajstić information content (AvgIpc) is 2.78. The highest BCUT2D eigenvalue weighted by Crippen LogP contribution is 2.27. The molecule has 0 bridgehead atoms. The number of nitrogens with zero attached hydrogens (tertiary/aromatic N) is 1. The molecule has 0 unspecified atom stereocenters. The van der Waals surface area contributed by atoms with Crippen molar-refractivity contribution in [3.8, 4) is 10.4 Å². The summed E-state index contributed by atoms with van der Waals surface area (Å²) in [5.74, 6) is 0.582. The number of nitrogens with two attached hydrogens (primary N) is 1. The molecule has 0 aliphatic rings. The second kappa shape index (κ2) is 5.43. The number of hydrogen-bond acceptors (Lipinski definition) is 3. The Balaban J connectivity index is 2.21. The average molecular weight is 246 g/mol. The number of benzene rings is 1. The van der Waals surface area contributed by atoms with Gasteiger partial charge in [0, 0.05) is 12.6 Å². The lowest BCUT2D eigenvalue weighted by Gasteiger charge is -2.05. The molecule has 0 fully saturated rings. The molecule has 0 atom stereocenters. The molecule has 0 radical (unpaired) electrons. The van der Waals surface area contributed by atoms with Crippen molar-refractivity contribution in [1.29, 1.82) is 0 Å². The van der Waals surface area contributed by atoms with E-state index in [4.69, 9.17) is 5.73 Å². The van der Waals surface area contributed by atoms with Gasteiger partial charge in [0.15, 0.2) is 0 Å². The zero-order chi connectivity index (χ0) is 12.3. The third kappa shape index (κ3) is 2.93. The topological polar surface area (TPSA) is 38.9 Å². The predicted molar refractivity (Wildman–Crippen MR) is 74.4 cm³/mol. The minimum atomic E-state index is 0.582. The molecule has 3 heteroatoms. The lowest BCUT2D eigenvalue weighted by atomic mass is 10.0. The number of thiazole rings is 1.